The number of aliphatic carboxylic acids is 1. The highest BCUT2D eigenvalue weighted by Crippen LogP contribution is 2.18. The molecule has 0 radical (unpaired) electrons. The molecule has 0 fully saturated rings. The summed E-state index contributed by atoms with van der Waals surface area (Å²) in [5, 5.41) is 9.09. The van der Waals surface area contributed by atoms with E-state index in [1.165, 1.54) is 18.7 Å². The van der Waals surface area contributed by atoms with Gasteiger partial charge >= 0.3 is 5.97 Å². The van der Waals surface area contributed by atoms with Gasteiger partial charge in [-0.25, -0.2) is 4.79 Å². The molecular weight excluding hydrogens is 208 g/mol. The lowest BCUT2D eigenvalue weighted by Crippen LogP contribution is -2.55. The molecule has 0 saturated carbocycles. The van der Waals surface area contributed by atoms with E-state index in [0.717, 1.165) is 0 Å². The van der Waals surface area contributed by atoms with Crippen molar-refractivity contribution in [3.8, 4) is 0 Å². The lowest BCUT2D eigenvalue weighted by Gasteiger charge is -2.36. The average Bonchev–Trinajstić information content (AvgIpc) is 2.19. The van der Waals surface area contributed by atoms with E-state index in [0.29, 0.717) is 13.0 Å². The third-order valence-electron chi connectivity index (χ3n) is 2.91. The number of rotatable bonds is 6. The molecule has 0 aromatic carbocycles. The number of hydrogen-bond acceptors (Lipinski definition) is 3. The summed E-state index contributed by atoms with van der Waals surface area (Å²) in [6.07, 6.45) is 0.627. The Bertz CT molecular complexity index is 260. The van der Waals surface area contributed by atoms with Crippen LogP contribution in [-0.4, -0.2) is 40.5 Å². The van der Waals surface area contributed by atoms with Gasteiger partial charge in [0.25, 0.3) is 0 Å². The second-order valence-corrected chi connectivity index (χ2v) is 4.29. The maximum Gasteiger partial charge on any atom is 0.329 e. The fourth-order valence-corrected chi connectivity index (χ4v) is 1.60. The zero-order chi connectivity index (χ0) is 12.9. The largest absolute Gasteiger partial charge is 0.480 e. The fourth-order valence-electron chi connectivity index (χ4n) is 1.60. The van der Waals surface area contributed by atoms with Crippen LogP contribution >= 0.6 is 0 Å². The van der Waals surface area contributed by atoms with Crippen LogP contribution in [0.3, 0.4) is 0 Å². The van der Waals surface area contributed by atoms with E-state index in [9.17, 15) is 9.59 Å². The molecule has 0 aliphatic heterocycles. The van der Waals surface area contributed by atoms with Crippen molar-refractivity contribution in [3.05, 3.63) is 0 Å². The van der Waals surface area contributed by atoms with Gasteiger partial charge in [-0.2, -0.15) is 0 Å². The van der Waals surface area contributed by atoms with Crippen LogP contribution < -0.4 is 5.73 Å². The van der Waals surface area contributed by atoms with Crippen LogP contribution in [0, 0.1) is 5.92 Å². The maximum absolute atomic E-state index is 12.1. The minimum Gasteiger partial charge on any atom is -0.480 e. The summed E-state index contributed by atoms with van der Waals surface area (Å²) < 4.78 is 0. The van der Waals surface area contributed by atoms with Gasteiger partial charge in [0.15, 0.2) is 0 Å². The van der Waals surface area contributed by atoms with Crippen molar-refractivity contribution in [1.82, 2.24) is 4.90 Å². The van der Waals surface area contributed by atoms with E-state index in [1.807, 2.05) is 6.92 Å². The molecule has 5 heteroatoms. The number of carboxylic acids is 1. The summed E-state index contributed by atoms with van der Waals surface area (Å²) in [5.41, 5.74) is 4.32. The highest BCUT2D eigenvalue weighted by molar-refractivity contribution is 5.87. The van der Waals surface area contributed by atoms with Crippen LogP contribution in [0.5, 0.6) is 0 Å². The summed E-state index contributed by atoms with van der Waals surface area (Å²) in [4.78, 5) is 24.5. The van der Waals surface area contributed by atoms with Crippen LogP contribution in [0.1, 0.15) is 34.1 Å². The van der Waals surface area contributed by atoms with Crippen molar-refractivity contribution in [2.24, 2.45) is 11.7 Å². The van der Waals surface area contributed by atoms with Gasteiger partial charge < -0.3 is 15.7 Å². The Hall–Kier alpha value is -1.10. The molecule has 0 rings (SSSR count). The van der Waals surface area contributed by atoms with Crippen molar-refractivity contribution in [1.29, 1.82) is 0 Å². The summed E-state index contributed by atoms with van der Waals surface area (Å²) in [5.74, 6) is -1.48. The first kappa shape index (κ1) is 14.9. The van der Waals surface area contributed by atoms with Crippen molar-refractivity contribution >= 4 is 11.9 Å². The molecule has 0 saturated heterocycles. The van der Waals surface area contributed by atoms with E-state index in [1.54, 1.807) is 6.92 Å². The van der Waals surface area contributed by atoms with Crippen molar-refractivity contribution in [2.75, 3.05) is 13.1 Å². The smallest absolute Gasteiger partial charge is 0.329 e. The predicted molar refractivity (Wildman–Crippen MR) is 61.9 cm³/mol. The molecule has 0 aromatic heterocycles. The third-order valence-corrected chi connectivity index (χ3v) is 2.91. The quantitative estimate of drug-likeness (QED) is 0.703. The van der Waals surface area contributed by atoms with E-state index in [-0.39, 0.29) is 18.4 Å². The summed E-state index contributed by atoms with van der Waals surface area (Å²) in [7, 11) is 0. The molecule has 0 bridgehead atoms. The topological polar surface area (TPSA) is 83.6 Å². The zero-order valence-corrected chi connectivity index (χ0v) is 10.5. The van der Waals surface area contributed by atoms with Gasteiger partial charge in [0.2, 0.25) is 5.91 Å². The molecule has 0 aromatic rings. The van der Waals surface area contributed by atoms with E-state index in [2.05, 4.69) is 0 Å². The Balaban J connectivity index is 5.00. The molecule has 1 amide bonds. The predicted octanol–water partition coefficient (Wildman–Crippen LogP) is 0.683. The molecular formula is C11H22N2O3. The molecule has 0 heterocycles. The summed E-state index contributed by atoms with van der Waals surface area (Å²) in [6, 6.07) is 0. The molecule has 0 aliphatic rings. The summed E-state index contributed by atoms with van der Waals surface area (Å²) in [6.45, 7) is 7.32. The zero-order valence-electron chi connectivity index (χ0n) is 10.5. The van der Waals surface area contributed by atoms with Gasteiger partial charge in [-0.15, -0.1) is 0 Å². The van der Waals surface area contributed by atoms with E-state index in [4.69, 9.17) is 10.8 Å². The number of carboxylic acid groups (broad SMARTS) is 1. The minimum absolute atomic E-state index is 0.181. The van der Waals surface area contributed by atoms with Gasteiger partial charge in [0.05, 0.1) is 5.92 Å². The number of nitrogens with two attached hydrogens (primary N) is 1. The SMILES string of the molecule is CCC(CN)C(=O)N(CC)C(C)(C)C(=O)O. The average molecular weight is 230 g/mol. The first-order valence-electron chi connectivity index (χ1n) is 5.57. The van der Waals surface area contributed by atoms with Crippen LogP contribution in [-0.2, 0) is 9.59 Å². The number of likely N-dealkylation sites (N-methyl/N-ethyl adjacent to an activating group) is 1. The van der Waals surface area contributed by atoms with Crippen LogP contribution in [0.2, 0.25) is 0 Å². The molecule has 0 spiro atoms. The Labute approximate surface area is 96.6 Å². The van der Waals surface area contributed by atoms with Gasteiger partial charge in [0, 0.05) is 13.1 Å². The number of carbonyl (C=O) groups excluding carboxylic acids is 1. The second kappa shape index (κ2) is 5.84. The van der Waals surface area contributed by atoms with Crippen LogP contribution in [0.15, 0.2) is 0 Å². The van der Waals surface area contributed by atoms with Gasteiger partial charge in [-0.3, -0.25) is 4.79 Å². The first-order valence-corrected chi connectivity index (χ1v) is 5.57. The van der Waals surface area contributed by atoms with Crippen LogP contribution in [0.25, 0.3) is 0 Å². The molecule has 1 atom stereocenters. The van der Waals surface area contributed by atoms with E-state index < -0.39 is 11.5 Å². The Kier molecular flexibility index (Phi) is 5.44. The Morgan fingerprint density at radius 1 is 1.38 bits per heavy atom. The Morgan fingerprint density at radius 2 is 1.88 bits per heavy atom. The number of amides is 1. The number of hydrogen-bond donors (Lipinski definition) is 2. The van der Waals surface area contributed by atoms with Crippen molar-refractivity contribution < 1.29 is 14.7 Å². The molecule has 3 N–H and O–H groups in total. The fraction of sp³-hybridized carbons (Fsp3) is 0.818. The molecule has 16 heavy (non-hydrogen) atoms. The lowest BCUT2D eigenvalue weighted by atomic mass is 9.98. The minimum atomic E-state index is -1.19. The highest BCUT2D eigenvalue weighted by atomic mass is 16.4. The summed E-state index contributed by atoms with van der Waals surface area (Å²) >= 11 is 0. The molecule has 5 nitrogen and oxygen atoms in total. The van der Waals surface area contributed by atoms with Crippen molar-refractivity contribution in [3.63, 3.8) is 0 Å². The van der Waals surface area contributed by atoms with Gasteiger partial charge in [0.1, 0.15) is 5.54 Å². The molecule has 1 unspecified atom stereocenters. The standard InChI is InChI=1S/C11H22N2O3/c1-5-8(7-12)9(14)13(6-2)11(3,4)10(15)16/h8H,5-7,12H2,1-4H3,(H,15,16). The highest BCUT2D eigenvalue weighted by Gasteiger charge is 2.38. The number of nitrogens with zero attached hydrogens (tertiary/aromatic N) is 1. The van der Waals surface area contributed by atoms with E-state index >= 15 is 0 Å². The van der Waals surface area contributed by atoms with Crippen molar-refractivity contribution in [2.45, 2.75) is 39.7 Å². The normalized spacial score (nSPS) is 13.3. The maximum atomic E-state index is 12.1. The monoisotopic (exact) mass is 230 g/mol. The third kappa shape index (κ3) is 2.95. The number of carbonyl (C=O) groups is 2. The molecule has 0 aliphatic carbocycles. The lowest BCUT2D eigenvalue weighted by molar-refractivity contribution is -0.158. The Morgan fingerprint density at radius 3 is 2.12 bits per heavy atom. The molecule has 94 valence electrons. The first-order chi connectivity index (χ1) is 7.32. The van der Waals surface area contributed by atoms with Gasteiger partial charge in [-0.1, -0.05) is 6.92 Å². The van der Waals surface area contributed by atoms with Crippen LogP contribution in [0.4, 0.5) is 0 Å². The van der Waals surface area contributed by atoms with Gasteiger partial charge in [-0.05, 0) is 27.2 Å². The second-order valence-electron chi connectivity index (χ2n) is 4.29.